The molecule has 105 heavy (non-hydrogen) atoms. The minimum Gasteiger partial charge on any atom is -0.458 e. The summed E-state index contributed by atoms with van der Waals surface area (Å²) in [6.07, 6.45) is 1.08. The number of cyclic esters (lactones) is 1. The van der Waals surface area contributed by atoms with E-state index in [0.29, 0.717) is 24.8 Å². The van der Waals surface area contributed by atoms with Crippen molar-refractivity contribution < 1.29 is 77.0 Å². The lowest BCUT2D eigenvalue weighted by atomic mass is 9.95. The molecule has 3 rings (SSSR count). The molecule has 1 aromatic carbocycles. The van der Waals surface area contributed by atoms with Crippen LogP contribution < -0.4 is 69.5 Å². The Hall–Kier alpha value is -8.54. The van der Waals surface area contributed by atoms with Crippen molar-refractivity contribution in [3.8, 4) is 0 Å². The number of hydrogen-bond acceptors (Lipinski definition) is 17. The summed E-state index contributed by atoms with van der Waals surface area (Å²) < 4.78 is 5.96. The van der Waals surface area contributed by atoms with Crippen LogP contribution >= 0.6 is 0 Å². The summed E-state index contributed by atoms with van der Waals surface area (Å²) in [6, 6.07) is -7.67. The van der Waals surface area contributed by atoms with Crippen LogP contribution in [-0.4, -0.2) is 191 Å². The highest BCUT2D eigenvalue weighted by atomic mass is 16.5. The summed E-state index contributed by atoms with van der Waals surface area (Å²) in [5, 5.41) is 43.2. The average Bonchev–Trinajstić information content (AvgIpc) is 1.80. The van der Waals surface area contributed by atoms with Crippen molar-refractivity contribution in [3.05, 3.63) is 47.7 Å². The Morgan fingerprint density at radius 3 is 1.69 bits per heavy atom. The Morgan fingerprint density at radius 2 is 1.15 bits per heavy atom. The van der Waals surface area contributed by atoms with E-state index in [2.05, 4.69) is 63.8 Å². The smallest absolute Gasteiger partial charge is 0.329 e. The van der Waals surface area contributed by atoms with Gasteiger partial charge < -0.3 is 84.3 Å². The molecule has 30 nitrogen and oxygen atoms in total. The fourth-order valence-corrected chi connectivity index (χ4v) is 12.0. The van der Waals surface area contributed by atoms with Crippen LogP contribution in [-0.2, 0) is 78.3 Å². The van der Waals surface area contributed by atoms with Gasteiger partial charge in [0, 0.05) is 19.4 Å². The predicted octanol–water partition coefficient (Wildman–Crippen LogP) is 1.84. The lowest BCUT2D eigenvalue weighted by Crippen LogP contribution is -2.64. The number of nitrogens with zero attached hydrogens (tertiary/aromatic N) is 1. The first-order valence-electron chi connectivity index (χ1n) is 37.5. The zero-order valence-electron chi connectivity index (χ0n) is 65.2. The van der Waals surface area contributed by atoms with E-state index in [0.717, 1.165) is 6.42 Å². The Balaban J connectivity index is 2.00. The number of aliphatic hydroxyl groups is 1. The number of carbonyl (C=O) groups excluding carboxylic acids is 14. The molecule has 0 spiro atoms. The van der Waals surface area contributed by atoms with Crippen LogP contribution in [0, 0.1) is 47.3 Å². The second-order valence-corrected chi connectivity index (χ2v) is 30.0. The summed E-state index contributed by atoms with van der Waals surface area (Å²) in [7, 11) is 0. The minimum atomic E-state index is -1.83. The van der Waals surface area contributed by atoms with Gasteiger partial charge in [-0.25, -0.2) is 4.79 Å². The van der Waals surface area contributed by atoms with E-state index in [1.165, 1.54) is 31.7 Å². The van der Waals surface area contributed by atoms with Gasteiger partial charge >= 0.3 is 5.97 Å². The van der Waals surface area contributed by atoms with Gasteiger partial charge in [-0.15, -0.1) is 0 Å². The molecule has 2 fully saturated rings. The second kappa shape index (κ2) is 43.8. The number of nitrogens with two attached hydrogens (primary N) is 1. The van der Waals surface area contributed by atoms with E-state index in [-0.39, 0.29) is 69.1 Å². The van der Waals surface area contributed by atoms with E-state index >= 15 is 9.59 Å². The highest BCUT2D eigenvalue weighted by Crippen LogP contribution is 2.23. The van der Waals surface area contributed by atoms with Gasteiger partial charge in [0.05, 0.1) is 6.10 Å². The Morgan fingerprint density at radius 1 is 0.610 bits per heavy atom. The molecule has 13 amide bonds. The molecular weight excluding hydrogens is 1350 g/mol. The van der Waals surface area contributed by atoms with Crippen molar-refractivity contribution in [3.63, 3.8) is 0 Å². The first-order valence-corrected chi connectivity index (χ1v) is 37.5. The maximum atomic E-state index is 15.0. The lowest BCUT2D eigenvalue weighted by molar-refractivity contribution is -0.157. The molecule has 0 aromatic heterocycles. The largest absolute Gasteiger partial charge is 0.458 e. The molecule has 15 N–H and O–H groups in total. The fraction of sp³-hybridized carbons (Fsp3) is 0.707. The Kier molecular flexibility index (Phi) is 37.8. The fourth-order valence-electron chi connectivity index (χ4n) is 12.0. The van der Waals surface area contributed by atoms with Crippen molar-refractivity contribution in [2.24, 2.45) is 53.1 Å². The molecule has 0 radical (unpaired) electrons. The number of amides is 13. The molecule has 590 valence electrons. The maximum Gasteiger partial charge on any atom is 0.329 e. The monoisotopic (exact) mass is 1480 g/mol. The van der Waals surface area contributed by atoms with Gasteiger partial charge in [-0.2, -0.15) is 0 Å². The van der Waals surface area contributed by atoms with Gasteiger partial charge in [0.2, 0.25) is 70.9 Å². The van der Waals surface area contributed by atoms with Crippen molar-refractivity contribution in [1.29, 1.82) is 0 Å². The summed E-state index contributed by atoms with van der Waals surface area (Å²) in [5.74, 6) is -15.2. The third-order valence-electron chi connectivity index (χ3n) is 19.6. The topological polar surface area (TPSA) is 442 Å². The molecule has 0 unspecified atom stereocenters. The van der Waals surface area contributed by atoms with Crippen LogP contribution in [0.1, 0.15) is 195 Å². The van der Waals surface area contributed by atoms with Crippen molar-refractivity contribution in [2.45, 2.75) is 280 Å². The van der Waals surface area contributed by atoms with E-state index in [9.17, 15) is 62.6 Å². The van der Waals surface area contributed by atoms with E-state index < -0.39 is 203 Å². The molecule has 1 aromatic rings. The summed E-state index contributed by atoms with van der Waals surface area (Å²) in [5.41, 5.74) is 6.34. The van der Waals surface area contributed by atoms with Gasteiger partial charge in [0.1, 0.15) is 84.3 Å². The van der Waals surface area contributed by atoms with Gasteiger partial charge in [0.15, 0.2) is 0 Å². The number of benzene rings is 1. The third-order valence-corrected chi connectivity index (χ3v) is 19.6. The quantitative estimate of drug-likeness (QED) is 0.0353. The van der Waals surface area contributed by atoms with Gasteiger partial charge in [-0.05, 0) is 112 Å². The molecular formula is C75H124N14O16. The van der Waals surface area contributed by atoms with Crippen molar-refractivity contribution >= 4 is 82.8 Å². The number of rotatable bonds is 33. The number of carbonyl (C=O) groups is 14. The van der Waals surface area contributed by atoms with Gasteiger partial charge in [-0.1, -0.05) is 166 Å². The normalized spacial score (nSPS) is 22.8. The van der Waals surface area contributed by atoms with Crippen LogP contribution in [0.5, 0.6) is 0 Å². The number of hydrogen-bond donors (Lipinski definition) is 14. The summed E-state index contributed by atoms with van der Waals surface area (Å²) >= 11 is 0. The zero-order chi connectivity index (χ0) is 79.4. The molecule has 0 aliphatic carbocycles. The molecule has 2 aliphatic heterocycles. The number of likely N-dealkylation sites (tertiary alicyclic amines) is 1. The highest BCUT2D eigenvalue weighted by Gasteiger charge is 2.44. The SMILES string of the molecule is C/C=C1\NC(=O)[C@H](Cc2ccccc2)NC(=O)[C@@H](C(C)C)NC(=O)[C@@H]([C@H](C)CC)NC(=O)[C@H](NC(=O)[C@H](NC(=O)[C@H](CCCN)NC(=O)[C@@H]2CCCN2C(=O)[C@H](NC(=O)[C@@H](NC(=O)[C@@H](NC(=O)[C@H](NC(=O)CC[C@@H](C)CC)C(C)C)[C@@H](C)O)C(C)C)C(C)C)[C@H](C)CC)[C@H](C)OC(=O)[C@H](C(C)C)NC1=O. The standard InChI is InChI=1S/C75H124N14O16/c1-20-43(15)33-34-53(91)80-54(38(5)6)68(97)87-61(46(18)90)72(101)82-56(40(9)10)69(98)83-57(41(11)12)74(103)89-36-28-32-52(89)66(95)78-50(31-27-35-76)64(93)85-59(44(16)21-2)71(100)88-62-47(19)105-75(104)58(42(13)14)84-63(92)49(23-4)77-65(94)51(37-48-29-25-24-26-30-48)79-67(96)55(39(7)8)81-70(99)60(45(17)22-3)86-73(62)102/h23-26,29-30,38-47,50-52,54-62,90H,20-22,27-28,31-37,76H2,1-19H3,(H,77,94)(H,78,95)(H,79,96)(H,80,91)(H,81,99)(H,82,101)(H,83,98)(H,84,92)(H,85,93)(H,86,102)(H,87,97)(H,88,100)/b49-23-/t43-,44+,45+,46+,47-,50-,51-,52-,54+,55+,56-,57+,58-,59+,60+,61-,62+/m0/s1. The Labute approximate surface area is 620 Å². The van der Waals surface area contributed by atoms with E-state index in [4.69, 9.17) is 10.5 Å². The van der Waals surface area contributed by atoms with Crippen molar-refractivity contribution in [1.82, 2.24) is 68.7 Å². The predicted molar refractivity (Wildman–Crippen MR) is 395 cm³/mol. The van der Waals surface area contributed by atoms with Crippen LogP contribution in [0.25, 0.3) is 0 Å². The molecule has 2 saturated heterocycles. The lowest BCUT2D eigenvalue weighted by Gasteiger charge is -2.33. The first-order chi connectivity index (χ1) is 49.3. The van der Waals surface area contributed by atoms with E-state index in [1.807, 2.05) is 13.8 Å². The number of nitrogens with one attached hydrogen (secondary N) is 12. The highest BCUT2D eigenvalue weighted by molar-refractivity contribution is 6.03. The van der Waals surface area contributed by atoms with Crippen LogP contribution in [0.15, 0.2) is 42.1 Å². The number of ether oxygens (including phenoxy) is 1. The molecule has 17 atom stereocenters. The minimum absolute atomic E-state index is 0.0355. The second-order valence-electron chi connectivity index (χ2n) is 30.0. The summed E-state index contributed by atoms with van der Waals surface area (Å²) in [6.45, 7) is 31.7. The first kappa shape index (κ1) is 90.7. The maximum absolute atomic E-state index is 15.0. The number of aliphatic hydroxyl groups excluding tert-OH is 1. The number of esters is 1. The van der Waals surface area contributed by atoms with Crippen LogP contribution in [0.4, 0.5) is 0 Å². The molecule has 2 aliphatic rings. The third kappa shape index (κ3) is 27.4. The number of allylic oxidation sites excluding steroid dienone is 1. The molecule has 30 heteroatoms. The van der Waals surface area contributed by atoms with Crippen LogP contribution in [0.3, 0.4) is 0 Å². The Bertz CT molecular complexity index is 3160. The van der Waals surface area contributed by atoms with Crippen LogP contribution in [0.2, 0.25) is 0 Å². The molecule has 0 bridgehead atoms. The summed E-state index contributed by atoms with van der Waals surface area (Å²) in [4.78, 5) is 202. The van der Waals surface area contributed by atoms with Gasteiger partial charge in [0.25, 0.3) is 5.91 Å². The van der Waals surface area contributed by atoms with Crippen molar-refractivity contribution in [2.75, 3.05) is 13.1 Å². The molecule has 2 heterocycles. The zero-order valence-corrected chi connectivity index (χ0v) is 65.2. The molecule has 0 saturated carbocycles. The van der Waals surface area contributed by atoms with E-state index in [1.54, 1.807) is 127 Å². The van der Waals surface area contributed by atoms with Gasteiger partial charge in [-0.3, -0.25) is 62.3 Å². The average molecular weight is 1480 g/mol.